The van der Waals surface area contributed by atoms with Crippen molar-refractivity contribution in [3.63, 3.8) is 0 Å². The zero-order valence-corrected chi connectivity index (χ0v) is 11.9. The Morgan fingerprint density at radius 2 is 2.00 bits per heavy atom. The fraction of sp³-hybridized carbons (Fsp3) is 0.375. The largest absolute Gasteiger partial charge is 0.481 e. The van der Waals surface area contributed by atoms with Crippen LogP contribution in [0.3, 0.4) is 0 Å². The molecule has 1 heterocycles. The van der Waals surface area contributed by atoms with Crippen LogP contribution < -0.4 is 10.1 Å². The first-order valence-corrected chi connectivity index (χ1v) is 7.15. The maximum atomic E-state index is 13.1. The Kier molecular flexibility index (Phi) is 3.99. The average Bonchev–Trinajstić information content (AvgIpc) is 2.46. The molecule has 0 aliphatic heterocycles. The molecule has 4 nitrogen and oxygen atoms in total. The summed E-state index contributed by atoms with van der Waals surface area (Å²) in [7, 11) is 1.58. The van der Waals surface area contributed by atoms with Gasteiger partial charge >= 0.3 is 0 Å². The van der Waals surface area contributed by atoms with Gasteiger partial charge in [0.15, 0.2) is 0 Å². The maximum Gasteiger partial charge on any atom is 0.226 e. The number of halogens is 1. The number of rotatable bonds is 5. The van der Waals surface area contributed by atoms with E-state index in [1.807, 2.05) is 12.1 Å². The standard InChI is InChI=1S/C16H18FN3O/c1-21-14-9-10-18-16(19-14)20-15(11-3-2-4-11)12-5-7-13(17)8-6-12/h5-11,15H,2-4H2,1H3,(H,18,19,20). The predicted molar refractivity (Wildman–Crippen MR) is 78.7 cm³/mol. The van der Waals surface area contributed by atoms with Crippen molar-refractivity contribution < 1.29 is 9.13 Å². The van der Waals surface area contributed by atoms with Gasteiger partial charge < -0.3 is 10.1 Å². The van der Waals surface area contributed by atoms with Crippen LogP contribution >= 0.6 is 0 Å². The molecule has 1 aliphatic carbocycles. The van der Waals surface area contributed by atoms with Gasteiger partial charge in [0.05, 0.1) is 13.2 Å². The number of nitrogens with zero attached hydrogens (tertiary/aromatic N) is 2. The first-order valence-electron chi connectivity index (χ1n) is 7.15. The number of aromatic nitrogens is 2. The van der Waals surface area contributed by atoms with E-state index in [2.05, 4.69) is 15.3 Å². The summed E-state index contributed by atoms with van der Waals surface area (Å²) in [4.78, 5) is 8.53. The van der Waals surface area contributed by atoms with Crippen molar-refractivity contribution >= 4 is 5.95 Å². The van der Waals surface area contributed by atoms with Gasteiger partial charge in [-0.3, -0.25) is 0 Å². The molecule has 1 saturated carbocycles. The van der Waals surface area contributed by atoms with Gasteiger partial charge in [-0.2, -0.15) is 4.98 Å². The second-order valence-electron chi connectivity index (χ2n) is 5.29. The Morgan fingerprint density at radius 1 is 1.24 bits per heavy atom. The van der Waals surface area contributed by atoms with Crippen molar-refractivity contribution in [3.05, 3.63) is 47.9 Å². The molecule has 0 radical (unpaired) electrons. The van der Waals surface area contributed by atoms with Gasteiger partial charge in [0.1, 0.15) is 5.82 Å². The Balaban J connectivity index is 1.83. The number of hydrogen-bond donors (Lipinski definition) is 1. The number of nitrogens with one attached hydrogen (secondary N) is 1. The monoisotopic (exact) mass is 287 g/mol. The third kappa shape index (κ3) is 3.12. The van der Waals surface area contributed by atoms with E-state index in [0.29, 0.717) is 17.7 Å². The molecule has 0 amide bonds. The highest BCUT2D eigenvalue weighted by atomic mass is 19.1. The molecular weight excluding hydrogens is 269 g/mol. The highest BCUT2D eigenvalue weighted by molar-refractivity contribution is 5.34. The Morgan fingerprint density at radius 3 is 2.62 bits per heavy atom. The molecule has 0 saturated heterocycles. The van der Waals surface area contributed by atoms with E-state index in [0.717, 1.165) is 5.56 Å². The van der Waals surface area contributed by atoms with Crippen LogP contribution in [0.25, 0.3) is 0 Å². The molecule has 1 aromatic heterocycles. The van der Waals surface area contributed by atoms with Gasteiger partial charge in [-0.15, -0.1) is 0 Å². The molecule has 21 heavy (non-hydrogen) atoms. The number of hydrogen-bond acceptors (Lipinski definition) is 4. The van der Waals surface area contributed by atoms with Crippen LogP contribution in [-0.2, 0) is 0 Å². The molecule has 1 N–H and O–H groups in total. The predicted octanol–water partition coefficient (Wildman–Crippen LogP) is 3.58. The van der Waals surface area contributed by atoms with Gasteiger partial charge in [-0.25, -0.2) is 9.37 Å². The van der Waals surface area contributed by atoms with Gasteiger partial charge in [0.2, 0.25) is 11.8 Å². The Hall–Kier alpha value is -2.17. The third-order valence-corrected chi connectivity index (χ3v) is 3.97. The van der Waals surface area contributed by atoms with Crippen LogP contribution in [0.2, 0.25) is 0 Å². The minimum Gasteiger partial charge on any atom is -0.481 e. The molecule has 3 rings (SSSR count). The van der Waals surface area contributed by atoms with Crippen molar-refractivity contribution in [1.29, 1.82) is 0 Å². The molecule has 1 fully saturated rings. The van der Waals surface area contributed by atoms with Crippen molar-refractivity contribution in [2.24, 2.45) is 5.92 Å². The lowest BCUT2D eigenvalue weighted by molar-refractivity contribution is 0.276. The normalized spacial score (nSPS) is 16.1. The fourth-order valence-corrected chi connectivity index (χ4v) is 2.58. The second-order valence-corrected chi connectivity index (χ2v) is 5.29. The first kappa shape index (κ1) is 13.8. The summed E-state index contributed by atoms with van der Waals surface area (Å²) >= 11 is 0. The Labute approximate surface area is 123 Å². The van der Waals surface area contributed by atoms with Gasteiger partial charge in [0, 0.05) is 12.3 Å². The van der Waals surface area contributed by atoms with E-state index in [-0.39, 0.29) is 11.9 Å². The Bertz CT molecular complexity index is 599. The summed E-state index contributed by atoms with van der Waals surface area (Å²) in [5.74, 6) is 1.38. The molecule has 0 spiro atoms. The van der Waals surface area contributed by atoms with E-state index < -0.39 is 0 Å². The van der Waals surface area contributed by atoms with Crippen molar-refractivity contribution in [2.75, 3.05) is 12.4 Å². The molecule has 0 bridgehead atoms. The molecule has 1 aliphatic rings. The van der Waals surface area contributed by atoms with Gasteiger partial charge in [0.25, 0.3) is 0 Å². The summed E-state index contributed by atoms with van der Waals surface area (Å²) in [5, 5.41) is 3.37. The van der Waals surface area contributed by atoms with E-state index in [9.17, 15) is 4.39 Å². The maximum absolute atomic E-state index is 13.1. The lowest BCUT2D eigenvalue weighted by Crippen LogP contribution is -2.27. The summed E-state index contributed by atoms with van der Waals surface area (Å²) < 4.78 is 18.2. The third-order valence-electron chi connectivity index (χ3n) is 3.97. The van der Waals surface area contributed by atoms with Crippen LogP contribution in [0.1, 0.15) is 30.9 Å². The van der Waals surface area contributed by atoms with Gasteiger partial charge in [-0.05, 0) is 36.5 Å². The smallest absolute Gasteiger partial charge is 0.226 e. The zero-order chi connectivity index (χ0) is 14.7. The number of benzene rings is 1. The van der Waals surface area contributed by atoms with Crippen LogP contribution in [0.4, 0.5) is 10.3 Å². The van der Waals surface area contributed by atoms with Crippen molar-refractivity contribution in [2.45, 2.75) is 25.3 Å². The summed E-state index contributed by atoms with van der Waals surface area (Å²) in [6, 6.07) is 8.45. The molecule has 1 atom stereocenters. The number of methoxy groups -OCH3 is 1. The molecule has 1 unspecified atom stereocenters. The SMILES string of the molecule is COc1ccnc(NC(c2ccc(F)cc2)C2CCC2)n1. The number of anilines is 1. The van der Waals surface area contributed by atoms with Crippen LogP contribution in [0.15, 0.2) is 36.5 Å². The average molecular weight is 287 g/mol. The van der Waals surface area contributed by atoms with Crippen LogP contribution in [-0.4, -0.2) is 17.1 Å². The molecule has 5 heteroatoms. The summed E-state index contributed by atoms with van der Waals surface area (Å²) in [6.07, 6.45) is 5.23. The topological polar surface area (TPSA) is 47.0 Å². The van der Waals surface area contributed by atoms with E-state index in [4.69, 9.17) is 4.74 Å². The van der Waals surface area contributed by atoms with Crippen LogP contribution in [0.5, 0.6) is 5.88 Å². The van der Waals surface area contributed by atoms with E-state index in [1.54, 1.807) is 19.4 Å². The second kappa shape index (κ2) is 6.08. The zero-order valence-electron chi connectivity index (χ0n) is 11.9. The van der Waals surface area contributed by atoms with Crippen molar-refractivity contribution in [3.8, 4) is 5.88 Å². The highest BCUT2D eigenvalue weighted by Crippen LogP contribution is 2.39. The highest BCUT2D eigenvalue weighted by Gasteiger charge is 2.29. The molecule has 1 aromatic carbocycles. The quantitative estimate of drug-likeness (QED) is 0.913. The minimum atomic E-state index is -0.219. The lowest BCUT2D eigenvalue weighted by Gasteiger charge is -2.34. The minimum absolute atomic E-state index is 0.103. The lowest BCUT2D eigenvalue weighted by atomic mass is 9.77. The summed E-state index contributed by atoms with van der Waals surface area (Å²) in [6.45, 7) is 0. The van der Waals surface area contributed by atoms with Crippen molar-refractivity contribution in [1.82, 2.24) is 9.97 Å². The number of ether oxygens (including phenoxy) is 1. The van der Waals surface area contributed by atoms with Crippen LogP contribution in [0, 0.1) is 11.7 Å². The van der Waals surface area contributed by atoms with E-state index in [1.165, 1.54) is 31.4 Å². The molecule has 2 aromatic rings. The summed E-state index contributed by atoms with van der Waals surface area (Å²) in [5.41, 5.74) is 1.06. The first-order chi connectivity index (χ1) is 10.3. The molecule has 110 valence electrons. The van der Waals surface area contributed by atoms with E-state index >= 15 is 0 Å². The molecular formula is C16H18FN3O. The fourth-order valence-electron chi connectivity index (χ4n) is 2.58. The van der Waals surface area contributed by atoms with Gasteiger partial charge in [-0.1, -0.05) is 18.6 Å².